The van der Waals surface area contributed by atoms with Crippen molar-refractivity contribution in [2.24, 2.45) is 0 Å². The van der Waals surface area contributed by atoms with Gasteiger partial charge in [-0.25, -0.2) is 0 Å². The third kappa shape index (κ3) is 2.94. The molecule has 0 aliphatic carbocycles. The van der Waals surface area contributed by atoms with E-state index in [1.807, 2.05) is 0 Å². The molecule has 0 atom stereocenters. The lowest BCUT2D eigenvalue weighted by Gasteiger charge is -2.03. The second kappa shape index (κ2) is 5.29. The van der Waals surface area contributed by atoms with E-state index in [1.54, 1.807) is 18.2 Å². The van der Waals surface area contributed by atoms with Gasteiger partial charge in [-0.1, -0.05) is 23.4 Å². The molecule has 0 heterocycles. The Hall–Kier alpha value is -1.72. The van der Waals surface area contributed by atoms with Crippen molar-refractivity contribution in [2.45, 2.75) is 9.79 Å². The number of hydrogen-bond donors (Lipinski definition) is 1. The summed E-state index contributed by atoms with van der Waals surface area (Å²) in [7, 11) is 0. The fourth-order valence-electron chi connectivity index (χ4n) is 1.36. The van der Waals surface area contributed by atoms with Crippen LogP contribution in [0.4, 0.5) is 5.69 Å². The fraction of sp³-hybridized carbons (Fsp3) is 0. The zero-order valence-corrected chi connectivity index (χ0v) is 10.6. The molecule has 0 aromatic heterocycles. The first kappa shape index (κ1) is 12.7. The Balaban J connectivity index is 2.35. The van der Waals surface area contributed by atoms with Gasteiger partial charge in [0, 0.05) is 16.0 Å². The maximum atomic E-state index is 10.9. The van der Waals surface area contributed by atoms with Crippen LogP contribution >= 0.6 is 23.4 Å². The molecule has 2 aromatic rings. The van der Waals surface area contributed by atoms with Crippen molar-refractivity contribution >= 4 is 29.1 Å². The molecular formula is C12H8ClNO3S. The van der Waals surface area contributed by atoms with Gasteiger partial charge in [-0.2, -0.15) is 0 Å². The molecule has 0 radical (unpaired) electrons. The zero-order valence-electron chi connectivity index (χ0n) is 9.04. The van der Waals surface area contributed by atoms with E-state index < -0.39 is 4.92 Å². The topological polar surface area (TPSA) is 63.4 Å². The summed E-state index contributed by atoms with van der Waals surface area (Å²) in [5.41, 5.74) is 0.0116. The number of nitro benzene ring substituents is 1. The first-order valence-corrected chi connectivity index (χ1v) is 6.16. The van der Waals surface area contributed by atoms with Gasteiger partial charge in [-0.15, -0.1) is 0 Å². The SMILES string of the molecule is O=[N+]([O-])c1ccc(Cl)cc1Sc1ccc(O)cc1. The van der Waals surface area contributed by atoms with Gasteiger partial charge in [0.25, 0.3) is 5.69 Å². The van der Waals surface area contributed by atoms with Gasteiger partial charge in [0.2, 0.25) is 0 Å². The summed E-state index contributed by atoms with van der Waals surface area (Å²) in [6.07, 6.45) is 0. The molecule has 0 aliphatic heterocycles. The molecular weight excluding hydrogens is 274 g/mol. The second-order valence-electron chi connectivity index (χ2n) is 3.47. The van der Waals surface area contributed by atoms with Gasteiger partial charge in [-0.05, 0) is 36.4 Å². The van der Waals surface area contributed by atoms with Crippen LogP contribution in [0.1, 0.15) is 0 Å². The predicted molar refractivity (Wildman–Crippen MR) is 70.3 cm³/mol. The molecule has 0 fully saturated rings. The van der Waals surface area contributed by atoms with E-state index in [0.29, 0.717) is 9.92 Å². The summed E-state index contributed by atoms with van der Waals surface area (Å²) >= 11 is 7.07. The van der Waals surface area contributed by atoms with Crippen LogP contribution in [-0.2, 0) is 0 Å². The number of halogens is 1. The predicted octanol–water partition coefficient (Wildman–Crippen LogP) is 4.11. The Bertz CT molecular complexity index is 586. The van der Waals surface area contributed by atoms with Crippen LogP contribution in [0.25, 0.3) is 0 Å². The first-order chi connectivity index (χ1) is 8.56. The van der Waals surface area contributed by atoms with Crippen molar-refractivity contribution < 1.29 is 10.0 Å². The summed E-state index contributed by atoms with van der Waals surface area (Å²) in [6, 6.07) is 10.8. The molecule has 4 nitrogen and oxygen atoms in total. The number of phenols is 1. The molecule has 2 aromatic carbocycles. The van der Waals surface area contributed by atoms with Crippen LogP contribution in [0.15, 0.2) is 52.3 Å². The van der Waals surface area contributed by atoms with Crippen LogP contribution in [0.2, 0.25) is 5.02 Å². The molecule has 0 aliphatic rings. The highest BCUT2D eigenvalue weighted by atomic mass is 35.5. The molecule has 0 amide bonds. The highest BCUT2D eigenvalue weighted by Gasteiger charge is 2.15. The molecule has 0 unspecified atom stereocenters. The van der Waals surface area contributed by atoms with Gasteiger partial charge in [0.15, 0.2) is 0 Å². The second-order valence-corrected chi connectivity index (χ2v) is 5.02. The van der Waals surface area contributed by atoms with E-state index in [9.17, 15) is 15.2 Å². The molecule has 0 bridgehead atoms. The number of nitro groups is 1. The maximum absolute atomic E-state index is 10.9. The van der Waals surface area contributed by atoms with Crippen molar-refractivity contribution in [1.82, 2.24) is 0 Å². The summed E-state index contributed by atoms with van der Waals surface area (Å²) in [5, 5.41) is 20.5. The first-order valence-electron chi connectivity index (χ1n) is 4.97. The molecule has 1 N–H and O–H groups in total. The number of hydrogen-bond acceptors (Lipinski definition) is 4. The summed E-state index contributed by atoms with van der Waals surface area (Å²) in [5.74, 6) is 0.153. The highest BCUT2D eigenvalue weighted by molar-refractivity contribution is 7.99. The lowest BCUT2D eigenvalue weighted by atomic mass is 10.3. The largest absolute Gasteiger partial charge is 0.508 e. The van der Waals surface area contributed by atoms with Crippen molar-refractivity contribution in [3.05, 3.63) is 57.6 Å². The maximum Gasteiger partial charge on any atom is 0.283 e. The molecule has 2 rings (SSSR count). The van der Waals surface area contributed by atoms with E-state index in [4.69, 9.17) is 11.6 Å². The Morgan fingerprint density at radius 3 is 2.44 bits per heavy atom. The van der Waals surface area contributed by atoms with E-state index in [2.05, 4.69) is 0 Å². The zero-order chi connectivity index (χ0) is 13.1. The minimum Gasteiger partial charge on any atom is -0.508 e. The van der Waals surface area contributed by atoms with Crippen LogP contribution in [0.3, 0.4) is 0 Å². The van der Waals surface area contributed by atoms with Gasteiger partial charge in [0.05, 0.1) is 9.82 Å². The van der Waals surface area contributed by atoms with Crippen LogP contribution < -0.4 is 0 Å². The summed E-state index contributed by atoms with van der Waals surface area (Å²) in [6.45, 7) is 0. The summed E-state index contributed by atoms with van der Waals surface area (Å²) < 4.78 is 0. The normalized spacial score (nSPS) is 10.3. The average molecular weight is 282 g/mol. The molecule has 18 heavy (non-hydrogen) atoms. The van der Waals surface area contributed by atoms with Crippen LogP contribution in [-0.4, -0.2) is 10.0 Å². The average Bonchev–Trinajstić information content (AvgIpc) is 2.32. The van der Waals surface area contributed by atoms with Crippen molar-refractivity contribution in [3.8, 4) is 5.75 Å². The Morgan fingerprint density at radius 1 is 1.17 bits per heavy atom. The van der Waals surface area contributed by atoms with Gasteiger partial charge < -0.3 is 5.11 Å². The van der Waals surface area contributed by atoms with Gasteiger partial charge >= 0.3 is 0 Å². The lowest BCUT2D eigenvalue weighted by Crippen LogP contribution is -1.90. The minimum atomic E-state index is -0.445. The molecule has 0 saturated heterocycles. The number of aromatic hydroxyl groups is 1. The van der Waals surface area contributed by atoms with E-state index in [1.165, 1.54) is 36.0 Å². The number of rotatable bonds is 3. The third-order valence-electron chi connectivity index (χ3n) is 2.18. The Kier molecular flexibility index (Phi) is 3.74. The van der Waals surface area contributed by atoms with E-state index in [-0.39, 0.29) is 11.4 Å². The molecule has 0 saturated carbocycles. The number of benzene rings is 2. The van der Waals surface area contributed by atoms with Crippen molar-refractivity contribution in [2.75, 3.05) is 0 Å². The van der Waals surface area contributed by atoms with Gasteiger partial charge in [0.1, 0.15) is 5.75 Å². The van der Waals surface area contributed by atoms with Crippen molar-refractivity contribution in [3.63, 3.8) is 0 Å². The van der Waals surface area contributed by atoms with E-state index >= 15 is 0 Å². The molecule has 92 valence electrons. The smallest absolute Gasteiger partial charge is 0.283 e. The summed E-state index contributed by atoms with van der Waals surface area (Å²) in [4.78, 5) is 11.7. The van der Waals surface area contributed by atoms with Gasteiger partial charge in [-0.3, -0.25) is 10.1 Å². The fourth-order valence-corrected chi connectivity index (χ4v) is 2.56. The quantitative estimate of drug-likeness (QED) is 0.679. The lowest BCUT2D eigenvalue weighted by molar-refractivity contribution is -0.387. The minimum absolute atomic E-state index is 0.0116. The van der Waals surface area contributed by atoms with E-state index in [0.717, 1.165) is 4.90 Å². The number of phenolic OH excluding ortho intramolecular Hbond substituents is 1. The highest BCUT2D eigenvalue weighted by Crippen LogP contribution is 2.36. The Labute approximate surface area is 112 Å². The monoisotopic (exact) mass is 281 g/mol. The van der Waals surface area contributed by atoms with Crippen LogP contribution in [0.5, 0.6) is 5.75 Å². The molecule has 6 heteroatoms. The standard InChI is InChI=1S/C12H8ClNO3S/c13-8-1-6-11(14(16)17)12(7-8)18-10-4-2-9(15)3-5-10/h1-7,15H. The van der Waals surface area contributed by atoms with Crippen LogP contribution in [0, 0.1) is 10.1 Å². The third-order valence-corrected chi connectivity index (χ3v) is 3.47. The molecule has 0 spiro atoms. The Morgan fingerprint density at radius 2 is 1.83 bits per heavy atom. The number of nitrogens with zero attached hydrogens (tertiary/aromatic N) is 1. The van der Waals surface area contributed by atoms with Crippen molar-refractivity contribution in [1.29, 1.82) is 0 Å².